The molecule has 0 bridgehead atoms. The molecule has 7 atom stereocenters. The van der Waals surface area contributed by atoms with Crippen molar-refractivity contribution in [3.05, 3.63) is 12.2 Å². The molecule has 1 rings (SSSR count). The number of aliphatic hydroxyl groups is 1. The van der Waals surface area contributed by atoms with Crippen molar-refractivity contribution in [1.82, 2.24) is 26.2 Å². The number of nitrogens with one attached hydrogen (secondary N) is 4. The highest BCUT2D eigenvalue weighted by Crippen LogP contribution is 2.25. The van der Waals surface area contributed by atoms with Crippen LogP contribution in [-0.4, -0.2) is 101 Å². The lowest BCUT2D eigenvalue weighted by Gasteiger charge is -2.31. The molecule has 56 heavy (non-hydrogen) atoms. The average molecular weight is 792 g/mol. The number of nitrogens with zero attached hydrogens (tertiary/aromatic N) is 1. The number of amides is 5. The van der Waals surface area contributed by atoms with Crippen molar-refractivity contribution >= 4 is 41.8 Å². The Hall–Kier alpha value is -3.81. The second-order valence-electron chi connectivity index (χ2n) is 15.8. The summed E-state index contributed by atoms with van der Waals surface area (Å²) in [6, 6.07) is -5.32. The quantitative estimate of drug-likeness (QED) is 0.0315. The molecule has 1 heterocycles. The number of likely N-dealkylation sites (tertiary alicyclic amines) is 1. The first kappa shape index (κ1) is 50.2. The van der Waals surface area contributed by atoms with Gasteiger partial charge in [-0.05, 0) is 64.2 Å². The zero-order chi connectivity index (χ0) is 42.0. The number of aldehydes is 1. The van der Waals surface area contributed by atoms with Gasteiger partial charge < -0.3 is 40.8 Å². The molecule has 0 saturated carbocycles. The van der Waals surface area contributed by atoms with Crippen LogP contribution in [0.15, 0.2) is 12.2 Å². The van der Waals surface area contributed by atoms with Gasteiger partial charge in [0.1, 0.15) is 30.5 Å². The first-order chi connectivity index (χ1) is 26.6. The molecule has 1 aliphatic heterocycles. The number of carbonyl (C=O) groups excluding carboxylic acids is 7. The number of allylic oxidation sites excluding steroid dienone is 2. The van der Waals surface area contributed by atoms with Crippen molar-refractivity contribution in [1.29, 1.82) is 0 Å². The number of ether oxygens (including phenoxy) is 1. The topological polar surface area (TPSA) is 200 Å². The van der Waals surface area contributed by atoms with E-state index in [0.29, 0.717) is 19.1 Å². The van der Waals surface area contributed by atoms with Crippen LogP contribution in [0.4, 0.5) is 0 Å². The van der Waals surface area contributed by atoms with Gasteiger partial charge in [-0.2, -0.15) is 0 Å². The Kier molecular flexibility index (Phi) is 25.6. The van der Waals surface area contributed by atoms with Gasteiger partial charge in [-0.3, -0.25) is 28.8 Å². The Bertz CT molecular complexity index is 1260. The molecule has 0 aromatic rings. The summed E-state index contributed by atoms with van der Waals surface area (Å²) in [5, 5.41) is 21.1. The lowest BCUT2D eigenvalue weighted by Crippen LogP contribution is -2.60. The molecule has 1 saturated heterocycles. The van der Waals surface area contributed by atoms with E-state index in [1.807, 2.05) is 6.92 Å². The van der Waals surface area contributed by atoms with Crippen LogP contribution in [0.3, 0.4) is 0 Å². The Morgan fingerprint density at radius 1 is 0.786 bits per heavy atom. The lowest BCUT2D eigenvalue weighted by molar-refractivity contribution is -0.144. The first-order valence-electron chi connectivity index (χ1n) is 21.0. The molecule has 0 aromatic heterocycles. The minimum Gasteiger partial charge on any atom is -0.466 e. The number of unbranched alkanes of at least 4 members (excludes halogenated alkanes) is 11. The fourth-order valence-electron chi connectivity index (χ4n) is 6.70. The zero-order valence-electron chi connectivity index (χ0n) is 35.2. The number of aliphatic hydroxyl groups excluding tert-OH is 1. The van der Waals surface area contributed by atoms with Crippen LogP contribution in [-0.2, 0) is 38.3 Å². The van der Waals surface area contributed by atoms with Crippen LogP contribution in [0.5, 0.6) is 0 Å². The Morgan fingerprint density at radius 3 is 1.93 bits per heavy atom. The fourth-order valence-corrected chi connectivity index (χ4v) is 6.70. The van der Waals surface area contributed by atoms with Crippen molar-refractivity contribution in [2.75, 3.05) is 13.2 Å². The van der Waals surface area contributed by atoms with Crippen molar-refractivity contribution in [2.24, 2.45) is 11.8 Å². The van der Waals surface area contributed by atoms with Crippen molar-refractivity contribution in [2.45, 2.75) is 188 Å². The molecule has 0 spiro atoms. The predicted octanol–water partition coefficient (Wildman–Crippen LogP) is 4.41. The van der Waals surface area contributed by atoms with Crippen LogP contribution in [0, 0.1) is 11.8 Å². The summed E-state index contributed by atoms with van der Waals surface area (Å²) in [4.78, 5) is 90.6. The Labute approximate surface area is 335 Å². The summed E-state index contributed by atoms with van der Waals surface area (Å²) < 4.78 is 4.95. The van der Waals surface area contributed by atoms with Crippen molar-refractivity contribution < 1.29 is 43.4 Å². The fraction of sp³-hybridized carbons (Fsp3) is 0.786. The average Bonchev–Trinajstić information content (AvgIpc) is 3.54. The first-order valence-corrected chi connectivity index (χ1v) is 21.0. The molecule has 0 aliphatic carbocycles. The third-order valence-electron chi connectivity index (χ3n) is 9.99. The summed E-state index contributed by atoms with van der Waals surface area (Å²) in [7, 11) is 0. The van der Waals surface area contributed by atoms with E-state index in [1.165, 1.54) is 64.2 Å². The number of rotatable bonds is 29. The summed E-state index contributed by atoms with van der Waals surface area (Å²) in [6.45, 7) is 11.7. The van der Waals surface area contributed by atoms with E-state index in [2.05, 4.69) is 40.3 Å². The molecular formula is C42H73N5O9. The third-order valence-corrected chi connectivity index (χ3v) is 9.99. The highest BCUT2D eigenvalue weighted by atomic mass is 16.5. The van der Waals surface area contributed by atoms with Crippen LogP contribution in [0.1, 0.15) is 151 Å². The summed E-state index contributed by atoms with van der Waals surface area (Å²) in [5.74, 6) is -3.93. The minimum absolute atomic E-state index is 0.0728. The minimum atomic E-state index is -1.25. The monoisotopic (exact) mass is 792 g/mol. The standard InChI is InChI=1S/C42H73N5O9/c1-8-9-10-11-12-13-14-15-16-17-18-19-20-21-22-23-36(51)45-38(32(6)49)42(55)47-27-30(4)26-35(47)40(53)46-37(29(2)3)41(54)44-34(24-25-56-33(7)50)39(52)43-31(5)28-48/h15-16,28-32,34-35,37-38,49H,8-14,17-27H2,1-7H3,(H,43,52)(H,44,54)(H,45,51)(H,46,53)/t30-,31+,32-,34+,35+,37+,38+/m1/s1. The van der Waals surface area contributed by atoms with E-state index in [-0.39, 0.29) is 37.8 Å². The van der Waals surface area contributed by atoms with Gasteiger partial charge in [0.15, 0.2) is 0 Å². The molecule has 0 aromatic carbocycles. The largest absolute Gasteiger partial charge is 0.466 e. The predicted molar refractivity (Wildman–Crippen MR) is 216 cm³/mol. The van der Waals surface area contributed by atoms with E-state index in [0.717, 1.165) is 38.5 Å². The van der Waals surface area contributed by atoms with Gasteiger partial charge in [-0.25, -0.2) is 0 Å². The van der Waals surface area contributed by atoms with E-state index < -0.39 is 71.8 Å². The SMILES string of the molecule is CCCCCCCCC=CCCCCCCCC(=O)N[C@H](C(=O)N1C[C@H](C)C[C@H]1C(=O)N[C@H](C(=O)N[C@@H](CCOC(C)=O)C(=O)N[C@@H](C)C=O)C(C)C)[C@@H](C)O. The third kappa shape index (κ3) is 20.4. The van der Waals surface area contributed by atoms with E-state index in [9.17, 15) is 38.7 Å². The number of hydrogen-bond acceptors (Lipinski definition) is 9. The Morgan fingerprint density at radius 2 is 1.38 bits per heavy atom. The van der Waals surface area contributed by atoms with Crippen LogP contribution in [0.2, 0.25) is 0 Å². The van der Waals surface area contributed by atoms with Gasteiger partial charge in [-0.1, -0.05) is 91.2 Å². The maximum atomic E-state index is 13.8. The highest BCUT2D eigenvalue weighted by molar-refractivity contribution is 5.96. The second kappa shape index (κ2) is 28.6. The van der Waals surface area contributed by atoms with Crippen molar-refractivity contribution in [3.8, 4) is 0 Å². The smallest absolute Gasteiger partial charge is 0.302 e. The molecule has 0 unspecified atom stereocenters. The molecular weight excluding hydrogens is 718 g/mol. The zero-order valence-corrected chi connectivity index (χ0v) is 35.2. The van der Waals surface area contributed by atoms with Crippen LogP contribution < -0.4 is 21.3 Å². The van der Waals surface area contributed by atoms with Crippen LogP contribution in [0.25, 0.3) is 0 Å². The molecule has 1 fully saturated rings. The molecule has 320 valence electrons. The Balaban J connectivity index is 2.74. The molecule has 14 heteroatoms. The summed E-state index contributed by atoms with van der Waals surface area (Å²) >= 11 is 0. The molecule has 0 radical (unpaired) electrons. The number of hydrogen-bond donors (Lipinski definition) is 5. The van der Waals surface area contributed by atoms with Gasteiger partial charge >= 0.3 is 5.97 Å². The second-order valence-corrected chi connectivity index (χ2v) is 15.8. The summed E-state index contributed by atoms with van der Waals surface area (Å²) in [6.07, 6.45) is 19.1. The summed E-state index contributed by atoms with van der Waals surface area (Å²) in [5.41, 5.74) is 0. The van der Waals surface area contributed by atoms with Gasteiger partial charge in [0.25, 0.3) is 0 Å². The van der Waals surface area contributed by atoms with Gasteiger partial charge in [-0.15, -0.1) is 0 Å². The normalized spacial score (nSPS) is 18.1. The maximum Gasteiger partial charge on any atom is 0.302 e. The molecule has 5 amide bonds. The molecule has 1 aliphatic rings. The van der Waals surface area contributed by atoms with Crippen LogP contribution >= 0.6 is 0 Å². The number of carbonyl (C=O) groups is 7. The van der Waals surface area contributed by atoms with E-state index >= 15 is 0 Å². The molecule has 5 N–H and O–H groups in total. The van der Waals surface area contributed by atoms with Gasteiger partial charge in [0, 0.05) is 26.3 Å². The van der Waals surface area contributed by atoms with E-state index in [1.54, 1.807) is 13.8 Å². The van der Waals surface area contributed by atoms with Gasteiger partial charge in [0.05, 0.1) is 18.8 Å². The highest BCUT2D eigenvalue weighted by Gasteiger charge is 2.43. The van der Waals surface area contributed by atoms with E-state index in [4.69, 9.17) is 4.74 Å². The number of esters is 1. The van der Waals surface area contributed by atoms with Gasteiger partial charge in [0.2, 0.25) is 29.5 Å². The molecule has 14 nitrogen and oxygen atoms in total. The van der Waals surface area contributed by atoms with Crippen molar-refractivity contribution in [3.63, 3.8) is 0 Å². The maximum absolute atomic E-state index is 13.8. The lowest BCUT2D eigenvalue weighted by atomic mass is 10.0.